The third-order valence-electron chi connectivity index (χ3n) is 4.85. The maximum absolute atomic E-state index is 12.7. The van der Waals surface area contributed by atoms with Gasteiger partial charge in [-0.1, -0.05) is 43.3 Å². The van der Waals surface area contributed by atoms with Crippen molar-refractivity contribution in [3.63, 3.8) is 0 Å². The lowest BCUT2D eigenvalue weighted by molar-refractivity contribution is 0.0497. The quantitative estimate of drug-likeness (QED) is 0.413. The fourth-order valence-corrected chi connectivity index (χ4v) is 4.05. The number of amides is 2. The van der Waals surface area contributed by atoms with Crippen molar-refractivity contribution in [2.24, 2.45) is 0 Å². The summed E-state index contributed by atoms with van der Waals surface area (Å²) in [5.74, 6) is -1.99. The molecule has 9 nitrogen and oxygen atoms in total. The Morgan fingerprint density at radius 1 is 0.914 bits per heavy atom. The Labute approximate surface area is 203 Å². The van der Waals surface area contributed by atoms with E-state index < -0.39 is 27.8 Å². The molecule has 0 saturated carbocycles. The third-order valence-corrected chi connectivity index (χ3v) is 6.18. The van der Waals surface area contributed by atoms with Gasteiger partial charge in [0.2, 0.25) is 0 Å². The summed E-state index contributed by atoms with van der Waals surface area (Å²) >= 11 is 0. The van der Waals surface area contributed by atoms with E-state index >= 15 is 0 Å². The molecule has 0 aliphatic rings. The normalized spacial score (nSPS) is 10.9. The number of carbonyl (C=O) groups is 3. The molecule has 0 aliphatic heterocycles. The topological polar surface area (TPSA) is 132 Å². The van der Waals surface area contributed by atoms with Gasteiger partial charge in [0.15, 0.2) is 0 Å². The van der Waals surface area contributed by atoms with E-state index in [1.807, 2.05) is 42.0 Å². The van der Waals surface area contributed by atoms with Crippen molar-refractivity contribution in [3.8, 4) is 0 Å². The van der Waals surface area contributed by atoms with Crippen molar-refractivity contribution >= 4 is 27.8 Å². The molecule has 0 bridgehead atoms. The lowest BCUT2D eigenvalue weighted by Crippen LogP contribution is -2.31. The highest BCUT2D eigenvalue weighted by atomic mass is 32.2. The standard InChI is InChI=1S/C25H25N3O6S/c1-2-15-34-25(31)22-12-11-20(17-27-22)24(30)28-35(32,33)21-10-6-9-19(16-21)23(29)26-14-13-18-7-4-3-5-8-18/h3-12,16-17H,2,13-15H2,1H3,(H,26,29)(H,28,30). The largest absolute Gasteiger partial charge is 0.461 e. The second kappa shape index (κ2) is 11.9. The highest BCUT2D eigenvalue weighted by molar-refractivity contribution is 7.90. The predicted molar refractivity (Wildman–Crippen MR) is 128 cm³/mol. The Hall–Kier alpha value is -4.05. The number of aromatic nitrogens is 1. The molecule has 0 saturated heterocycles. The van der Waals surface area contributed by atoms with E-state index in [1.54, 1.807) is 0 Å². The molecule has 0 spiro atoms. The number of pyridine rings is 1. The molecule has 35 heavy (non-hydrogen) atoms. The smallest absolute Gasteiger partial charge is 0.356 e. The van der Waals surface area contributed by atoms with Crippen molar-refractivity contribution in [2.75, 3.05) is 13.2 Å². The van der Waals surface area contributed by atoms with E-state index in [0.29, 0.717) is 19.4 Å². The van der Waals surface area contributed by atoms with Crippen molar-refractivity contribution in [3.05, 3.63) is 95.3 Å². The number of sulfonamides is 1. The predicted octanol–water partition coefficient (Wildman–Crippen LogP) is 2.74. The van der Waals surface area contributed by atoms with Crippen molar-refractivity contribution < 1.29 is 27.5 Å². The SMILES string of the molecule is CCCOC(=O)c1ccc(C(=O)NS(=O)(=O)c2cccc(C(=O)NCCc3ccccc3)c2)cn1. The van der Waals surface area contributed by atoms with Gasteiger partial charge in [-0.2, -0.15) is 0 Å². The van der Waals surface area contributed by atoms with E-state index in [9.17, 15) is 22.8 Å². The first-order valence-corrected chi connectivity index (χ1v) is 12.4. The Morgan fingerprint density at radius 2 is 1.69 bits per heavy atom. The molecule has 10 heteroatoms. The van der Waals surface area contributed by atoms with Crippen molar-refractivity contribution in [1.82, 2.24) is 15.0 Å². The van der Waals surface area contributed by atoms with E-state index in [1.165, 1.54) is 36.4 Å². The van der Waals surface area contributed by atoms with Crippen LogP contribution in [-0.4, -0.2) is 44.3 Å². The van der Waals surface area contributed by atoms with Crippen LogP contribution in [0.5, 0.6) is 0 Å². The van der Waals surface area contributed by atoms with Gasteiger partial charge in [0, 0.05) is 18.3 Å². The Morgan fingerprint density at radius 3 is 2.37 bits per heavy atom. The summed E-state index contributed by atoms with van der Waals surface area (Å²) in [6, 6.07) is 17.5. The Kier molecular flexibility index (Phi) is 8.69. The lowest BCUT2D eigenvalue weighted by atomic mass is 10.1. The molecular weight excluding hydrogens is 470 g/mol. The van der Waals surface area contributed by atoms with Crippen LogP contribution in [0.1, 0.15) is 50.1 Å². The third kappa shape index (κ3) is 7.21. The van der Waals surface area contributed by atoms with Gasteiger partial charge in [-0.25, -0.2) is 22.9 Å². The summed E-state index contributed by atoms with van der Waals surface area (Å²) in [5, 5.41) is 2.75. The summed E-state index contributed by atoms with van der Waals surface area (Å²) in [7, 11) is -4.26. The Bertz CT molecular complexity index is 1290. The minimum absolute atomic E-state index is 0.00355. The molecule has 0 unspecified atom stereocenters. The number of hydrogen-bond donors (Lipinski definition) is 2. The summed E-state index contributed by atoms with van der Waals surface area (Å²) in [4.78, 5) is 40.4. The molecule has 3 aromatic rings. The summed E-state index contributed by atoms with van der Waals surface area (Å²) < 4.78 is 32.4. The molecule has 0 radical (unpaired) electrons. The maximum Gasteiger partial charge on any atom is 0.356 e. The zero-order valence-corrected chi connectivity index (χ0v) is 19.9. The second-order valence-electron chi connectivity index (χ2n) is 7.52. The van der Waals surface area contributed by atoms with Gasteiger partial charge >= 0.3 is 5.97 Å². The zero-order valence-electron chi connectivity index (χ0n) is 19.1. The zero-order chi connectivity index (χ0) is 25.3. The molecule has 2 aromatic carbocycles. The van der Waals surface area contributed by atoms with Crippen molar-refractivity contribution in [1.29, 1.82) is 0 Å². The highest BCUT2D eigenvalue weighted by Crippen LogP contribution is 2.13. The minimum Gasteiger partial charge on any atom is -0.461 e. The van der Waals surface area contributed by atoms with Crippen LogP contribution in [0.3, 0.4) is 0 Å². The van der Waals surface area contributed by atoms with Gasteiger partial charge in [-0.3, -0.25) is 9.59 Å². The number of benzene rings is 2. The Balaban J connectivity index is 1.63. The molecule has 2 N–H and O–H groups in total. The first-order chi connectivity index (χ1) is 16.8. The number of ether oxygens (including phenoxy) is 1. The summed E-state index contributed by atoms with van der Waals surface area (Å²) in [6.07, 6.45) is 2.37. The van der Waals surface area contributed by atoms with Gasteiger partial charge in [-0.15, -0.1) is 0 Å². The lowest BCUT2D eigenvalue weighted by Gasteiger charge is -2.09. The van der Waals surface area contributed by atoms with Gasteiger partial charge in [0.05, 0.1) is 17.1 Å². The first kappa shape index (κ1) is 25.6. The van der Waals surface area contributed by atoms with Gasteiger partial charge in [-0.05, 0) is 48.7 Å². The van der Waals surface area contributed by atoms with Crippen molar-refractivity contribution in [2.45, 2.75) is 24.7 Å². The monoisotopic (exact) mass is 495 g/mol. The molecule has 2 amide bonds. The van der Waals surface area contributed by atoms with Gasteiger partial charge in [0.25, 0.3) is 21.8 Å². The maximum atomic E-state index is 12.7. The number of esters is 1. The van der Waals surface area contributed by atoms with E-state index in [-0.39, 0.29) is 28.3 Å². The van der Waals surface area contributed by atoms with Gasteiger partial charge < -0.3 is 10.1 Å². The summed E-state index contributed by atoms with van der Waals surface area (Å²) in [6.45, 7) is 2.47. The average Bonchev–Trinajstić information content (AvgIpc) is 2.87. The number of nitrogens with one attached hydrogen (secondary N) is 2. The van der Waals surface area contributed by atoms with Crippen LogP contribution in [0.25, 0.3) is 0 Å². The highest BCUT2D eigenvalue weighted by Gasteiger charge is 2.21. The molecule has 0 fully saturated rings. The number of rotatable bonds is 10. The van der Waals surface area contributed by atoms with Crippen LogP contribution >= 0.6 is 0 Å². The molecular formula is C25H25N3O6S. The molecule has 1 aromatic heterocycles. The van der Waals surface area contributed by atoms with Crippen LogP contribution < -0.4 is 10.0 Å². The molecule has 0 aliphatic carbocycles. The average molecular weight is 496 g/mol. The first-order valence-electron chi connectivity index (χ1n) is 10.9. The van der Waals surface area contributed by atoms with E-state index in [0.717, 1.165) is 11.8 Å². The summed E-state index contributed by atoms with van der Waals surface area (Å²) in [5.41, 5.74) is 1.15. The van der Waals surface area contributed by atoms with Crippen LogP contribution in [0.4, 0.5) is 0 Å². The molecule has 1 heterocycles. The number of carbonyl (C=O) groups excluding carboxylic acids is 3. The number of nitrogens with zero attached hydrogens (tertiary/aromatic N) is 1. The van der Waals surface area contributed by atoms with Crippen LogP contribution in [0.2, 0.25) is 0 Å². The molecule has 182 valence electrons. The van der Waals surface area contributed by atoms with Crippen LogP contribution in [0.15, 0.2) is 77.8 Å². The van der Waals surface area contributed by atoms with E-state index in [4.69, 9.17) is 4.74 Å². The fraction of sp³-hybridized carbons (Fsp3) is 0.200. The minimum atomic E-state index is -4.26. The molecule has 0 atom stereocenters. The van der Waals surface area contributed by atoms with Crippen LogP contribution in [-0.2, 0) is 21.2 Å². The second-order valence-corrected chi connectivity index (χ2v) is 9.20. The van der Waals surface area contributed by atoms with Crippen LogP contribution in [0, 0.1) is 0 Å². The molecule has 3 rings (SSSR count). The number of hydrogen-bond acceptors (Lipinski definition) is 7. The fourth-order valence-electron chi connectivity index (χ4n) is 3.03. The van der Waals surface area contributed by atoms with Gasteiger partial charge in [0.1, 0.15) is 5.69 Å². The van der Waals surface area contributed by atoms with E-state index in [2.05, 4.69) is 10.3 Å².